The van der Waals surface area contributed by atoms with Gasteiger partial charge in [-0.2, -0.15) is 0 Å². The van der Waals surface area contributed by atoms with E-state index in [1.54, 1.807) is 0 Å². The third-order valence-electron chi connectivity index (χ3n) is 10.0. The van der Waals surface area contributed by atoms with E-state index in [1.165, 1.54) is 17.2 Å². The highest BCUT2D eigenvalue weighted by molar-refractivity contribution is 7.47. The van der Waals surface area contributed by atoms with E-state index in [9.17, 15) is 40.1 Å². The number of hydrogen-bond donors (Lipinski definition) is 13. The van der Waals surface area contributed by atoms with Crippen molar-refractivity contribution in [3.05, 3.63) is 12.7 Å². The van der Waals surface area contributed by atoms with Gasteiger partial charge in [0.25, 0.3) is 0 Å². The Bertz CT molecular complexity index is 1620. The van der Waals surface area contributed by atoms with Gasteiger partial charge in [0.2, 0.25) is 0 Å². The van der Waals surface area contributed by atoms with Crippen molar-refractivity contribution in [2.45, 2.75) is 123 Å². The van der Waals surface area contributed by atoms with Gasteiger partial charge in [-0.25, -0.2) is 19.5 Å². The Morgan fingerprint density at radius 3 is 2.15 bits per heavy atom. The number of rotatable bonds is 12. The number of imidazole rings is 1. The first kappa shape index (κ1) is 41.5. The van der Waals surface area contributed by atoms with Crippen LogP contribution in [0.4, 0.5) is 5.82 Å². The molecule has 0 radical (unpaired) electrons. The first-order chi connectivity index (χ1) is 25.5. The molecule has 3 saturated heterocycles. The van der Waals surface area contributed by atoms with Crippen LogP contribution in [0, 0.1) is 0 Å². The molecule has 5 heterocycles. The molecule has 54 heavy (non-hydrogen) atoms. The molecule has 1 aliphatic carbocycles. The molecule has 0 bridgehead atoms. The summed E-state index contributed by atoms with van der Waals surface area (Å²) in [6.07, 6.45) is -17.0. The summed E-state index contributed by atoms with van der Waals surface area (Å²) in [5.74, 6) is 0.0608. The predicted octanol–water partition coefficient (Wildman–Crippen LogP) is -7.11. The van der Waals surface area contributed by atoms with Crippen molar-refractivity contribution in [3.63, 3.8) is 0 Å². The van der Waals surface area contributed by atoms with Crippen molar-refractivity contribution in [3.8, 4) is 0 Å². The van der Waals surface area contributed by atoms with E-state index in [0.29, 0.717) is 0 Å². The van der Waals surface area contributed by atoms with Gasteiger partial charge in [-0.3, -0.25) is 13.6 Å². The fraction of sp³-hybridized carbons (Fsp3) is 0.821. The smallest absolute Gasteiger partial charge is 0.394 e. The van der Waals surface area contributed by atoms with E-state index in [2.05, 4.69) is 15.0 Å². The SMILES string of the molecule is NCC1OC(OC2C(N)CC(N)C(OC3OC(CO)C(O)C(N)C3OP(=O)(O)OCC3OC(n4cnc5c(N)ncnc54)C(O)C3O)C2O)C(N)CC1O. The maximum absolute atomic E-state index is 13.3. The second-order valence-electron chi connectivity index (χ2n) is 13.8. The zero-order valence-electron chi connectivity index (χ0n) is 28.7. The van der Waals surface area contributed by atoms with Gasteiger partial charge in [-0.15, -0.1) is 0 Å². The number of fused-ring (bicyclic) bond motifs is 1. The number of aromatic nitrogens is 4. The molecule has 6 rings (SSSR count). The van der Waals surface area contributed by atoms with Crippen molar-refractivity contribution in [1.29, 1.82) is 0 Å². The van der Waals surface area contributed by atoms with E-state index in [4.69, 9.17) is 67.1 Å². The van der Waals surface area contributed by atoms with Crippen LogP contribution in [-0.4, -0.2) is 179 Å². The highest BCUT2D eigenvalue weighted by Gasteiger charge is 2.53. The van der Waals surface area contributed by atoms with Gasteiger partial charge >= 0.3 is 7.82 Å². The molecule has 0 aromatic carbocycles. The molecular formula is C28H49N10O15P. The summed E-state index contributed by atoms with van der Waals surface area (Å²) in [5, 5.41) is 63.7. The molecule has 306 valence electrons. The van der Waals surface area contributed by atoms with Gasteiger partial charge in [0.15, 0.2) is 30.3 Å². The average Bonchev–Trinajstić information content (AvgIpc) is 3.68. The molecule has 1 saturated carbocycles. The fourth-order valence-electron chi connectivity index (χ4n) is 7.04. The lowest BCUT2D eigenvalue weighted by atomic mass is 9.84. The van der Waals surface area contributed by atoms with Gasteiger partial charge in [0, 0.05) is 18.6 Å². The fourth-order valence-corrected chi connectivity index (χ4v) is 7.98. The number of anilines is 1. The first-order valence-electron chi connectivity index (χ1n) is 17.1. The molecule has 4 aliphatic rings. The maximum atomic E-state index is 13.3. The molecule has 2 aromatic rings. The van der Waals surface area contributed by atoms with Crippen LogP contribution in [0.5, 0.6) is 0 Å². The van der Waals surface area contributed by atoms with Crippen LogP contribution in [0.15, 0.2) is 12.7 Å². The first-order valence-corrected chi connectivity index (χ1v) is 18.6. The van der Waals surface area contributed by atoms with E-state index in [0.717, 1.165) is 0 Å². The summed E-state index contributed by atoms with van der Waals surface area (Å²) in [5.41, 5.74) is 36.9. The quantitative estimate of drug-likeness (QED) is 0.0887. The molecule has 3 aliphatic heterocycles. The lowest BCUT2D eigenvalue weighted by Crippen LogP contribution is -2.68. The Kier molecular flexibility index (Phi) is 12.8. The molecule has 0 amide bonds. The minimum Gasteiger partial charge on any atom is -0.394 e. The number of aliphatic hydroxyl groups is 6. The third kappa shape index (κ3) is 8.27. The largest absolute Gasteiger partial charge is 0.472 e. The summed E-state index contributed by atoms with van der Waals surface area (Å²) in [7, 11) is -5.21. The normalized spacial score (nSPS) is 44.4. The summed E-state index contributed by atoms with van der Waals surface area (Å²) in [6.45, 7) is -1.61. The van der Waals surface area contributed by atoms with E-state index in [-0.39, 0.29) is 36.4 Å². The topological polar surface area (TPSA) is 423 Å². The lowest BCUT2D eigenvalue weighted by molar-refractivity contribution is -0.313. The highest BCUT2D eigenvalue weighted by Crippen LogP contribution is 2.48. The number of aliphatic hydroxyl groups excluding tert-OH is 6. The Hall–Kier alpha value is -2.18. The molecule has 19 N–H and O–H groups in total. The lowest BCUT2D eigenvalue weighted by Gasteiger charge is -2.48. The number of phosphoric acid groups is 1. The van der Waals surface area contributed by atoms with Crippen molar-refractivity contribution < 1.29 is 72.8 Å². The monoisotopic (exact) mass is 796 g/mol. The summed E-state index contributed by atoms with van der Waals surface area (Å²) in [4.78, 5) is 22.8. The van der Waals surface area contributed by atoms with Crippen LogP contribution in [0.3, 0.4) is 0 Å². The van der Waals surface area contributed by atoms with Crippen LogP contribution < -0.4 is 34.4 Å². The number of ether oxygens (including phenoxy) is 5. The van der Waals surface area contributed by atoms with E-state index >= 15 is 0 Å². The molecule has 4 fully saturated rings. The standard InChI is InChI=1S/C28H49N10O15P/c29-3-12-11(40)2-10(32)27(49-12)51-21-8(30)1-9(31)22(20(21)44)52-28-23(15(33)17(41)13(4-39)50-28)53-54(45,46)47-5-14-18(42)19(43)26(48-14)38-7-37-16-24(34)35-6-36-25(16)38/h6-15,17-23,26-28,39-44H,1-5,29-33H2,(H,45,46)(H2,34,35,36). The second-order valence-corrected chi connectivity index (χ2v) is 15.2. The summed E-state index contributed by atoms with van der Waals surface area (Å²) in [6, 6.07) is -4.21. The molecule has 2 aromatic heterocycles. The molecule has 25 nitrogen and oxygen atoms in total. The van der Waals surface area contributed by atoms with Gasteiger partial charge < -0.3 is 93.6 Å². The minimum atomic E-state index is -5.21. The Morgan fingerprint density at radius 2 is 1.48 bits per heavy atom. The molecule has 26 heteroatoms. The Morgan fingerprint density at radius 1 is 0.815 bits per heavy atom. The average molecular weight is 797 g/mol. The maximum Gasteiger partial charge on any atom is 0.472 e. The molecule has 0 spiro atoms. The number of hydrogen-bond acceptors (Lipinski definition) is 23. The van der Waals surface area contributed by atoms with Gasteiger partial charge in [0.1, 0.15) is 66.8 Å². The van der Waals surface area contributed by atoms with Crippen LogP contribution >= 0.6 is 7.82 Å². The van der Waals surface area contributed by atoms with Crippen LogP contribution in [0.25, 0.3) is 11.2 Å². The van der Waals surface area contributed by atoms with Crippen molar-refractivity contribution in [2.75, 3.05) is 25.5 Å². The molecule has 19 atom stereocenters. The van der Waals surface area contributed by atoms with E-state index in [1.807, 2.05) is 0 Å². The number of phosphoric ester groups is 1. The van der Waals surface area contributed by atoms with Gasteiger partial charge in [-0.05, 0) is 12.8 Å². The minimum absolute atomic E-state index is 0.0149. The van der Waals surface area contributed by atoms with Crippen molar-refractivity contribution >= 4 is 24.8 Å². The summed E-state index contributed by atoms with van der Waals surface area (Å²) < 4.78 is 54.3. The highest BCUT2D eigenvalue weighted by atomic mass is 31.2. The van der Waals surface area contributed by atoms with Crippen LogP contribution in [0.2, 0.25) is 0 Å². The van der Waals surface area contributed by atoms with Crippen molar-refractivity contribution in [1.82, 2.24) is 19.5 Å². The Labute approximate surface area is 307 Å². The summed E-state index contributed by atoms with van der Waals surface area (Å²) >= 11 is 0. The molecule has 19 unspecified atom stereocenters. The number of nitrogens with zero attached hydrogens (tertiary/aromatic N) is 4. The number of nitrogens with two attached hydrogens (primary N) is 6. The van der Waals surface area contributed by atoms with Crippen molar-refractivity contribution in [2.24, 2.45) is 28.7 Å². The van der Waals surface area contributed by atoms with Gasteiger partial charge in [-0.1, -0.05) is 0 Å². The molecular weight excluding hydrogens is 747 g/mol. The predicted molar refractivity (Wildman–Crippen MR) is 179 cm³/mol. The van der Waals surface area contributed by atoms with Crippen LogP contribution in [0.1, 0.15) is 19.1 Å². The third-order valence-corrected chi connectivity index (χ3v) is 11.0. The zero-order chi connectivity index (χ0) is 39.2. The van der Waals surface area contributed by atoms with Crippen LogP contribution in [-0.2, 0) is 37.3 Å². The van der Waals surface area contributed by atoms with E-state index < -0.39 is 131 Å². The Balaban J connectivity index is 1.14. The van der Waals surface area contributed by atoms with Gasteiger partial charge in [0.05, 0.1) is 43.8 Å². The zero-order valence-corrected chi connectivity index (χ0v) is 29.6. The number of nitrogen functional groups attached to an aromatic ring is 1. The second kappa shape index (κ2) is 16.7.